The molecule has 1 aromatic rings. The number of carbonyl (C=O) groups is 2. The average molecular weight is 284 g/mol. The van der Waals surface area contributed by atoms with E-state index in [1.54, 1.807) is 38.1 Å². The van der Waals surface area contributed by atoms with Gasteiger partial charge < -0.3 is 15.0 Å². The normalized spacial score (nSPS) is 22.4. The second kappa shape index (κ2) is 5.02. The van der Waals surface area contributed by atoms with Crippen LogP contribution in [0.2, 0.25) is 0 Å². The van der Waals surface area contributed by atoms with E-state index < -0.39 is 17.1 Å². The van der Waals surface area contributed by atoms with E-state index in [4.69, 9.17) is 16.3 Å². The summed E-state index contributed by atoms with van der Waals surface area (Å²) < 4.78 is 5.51. The van der Waals surface area contributed by atoms with Gasteiger partial charge in [0.15, 0.2) is 0 Å². The zero-order chi connectivity index (χ0) is 14.2. The van der Waals surface area contributed by atoms with Gasteiger partial charge >= 0.3 is 0 Å². The predicted octanol–water partition coefficient (Wildman–Crippen LogP) is 1.17. The lowest BCUT2D eigenvalue weighted by molar-refractivity contribution is -0.821. The molecule has 0 fully saturated rings. The van der Waals surface area contributed by atoms with Crippen LogP contribution in [0.5, 0.6) is 0 Å². The molecule has 0 radical (unpaired) electrons. The van der Waals surface area contributed by atoms with Gasteiger partial charge in [-0.05, 0) is 31.5 Å². The zero-order valence-electron chi connectivity index (χ0n) is 10.6. The molecule has 2 rings (SSSR count). The van der Waals surface area contributed by atoms with Crippen molar-refractivity contribution in [3.05, 3.63) is 35.0 Å². The lowest BCUT2D eigenvalue weighted by atomic mass is 10.1. The van der Waals surface area contributed by atoms with E-state index in [1.165, 1.54) is 0 Å². The monoisotopic (exact) mass is 283 g/mol. The van der Waals surface area contributed by atoms with E-state index in [9.17, 15) is 14.8 Å². The highest BCUT2D eigenvalue weighted by atomic mass is 35.5. The SMILES string of the molecule is CC(C)(CC(=O)Cl)OC1C(=O)c2ccccc2[NH+]1[O-]. The minimum Gasteiger partial charge on any atom is -0.627 e. The summed E-state index contributed by atoms with van der Waals surface area (Å²) in [6.45, 7) is 3.24. The largest absolute Gasteiger partial charge is 0.627 e. The van der Waals surface area contributed by atoms with Crippen LogP contribution in [-0.4, -0.2) is 22.9 Å². The van der Waals surface area contributed by atoms with Crippen molar-refractivity contribution in [2.24, 2.45) is 0 Å². The van der Waals surface area contributed by atoms with E-state index >= 15 is 0 Å². The van der Waals surface area contributed by atoms with Crippen LogP contribution in [0.25, 0.3) is 0 Å². The van der Waals surface area contributed by atoms with E-state index in [2.05, 4.69) is 0 Å². The first-order chi connectivity index (χ1) is 8.82. The molecule has 6 heteroatoms. The summed E-state index contributed by atoms with van der Waals surface area (Å²) in [6.07, 6.45) is -1.24. The smallest absolute Gasteiger partial charge is 0.262 e. The van der Waals surface area contributed by atoms with Gasteiger partial charge in [-0.1, -0.05) is 12.1 Å². The quantitative estimate of drug-likeness (QED) is 0.665. The molecule has 19 heavy (non-hydrogen) atoms. The van der Waals surface area contributed by atoms with Crippen LogP contribution in [0.15, 0.2) is 24.3 Å². The van der Waals surface area contributed by atoms with Crippen LogP contribution in [0.4, 0.5) is 5.69 Å². The minimum absolute atomic E-state index is 0.0675. The van der Waals surface area contributed by atoms with Crippen LogP contribution in [0.1, 0.15) is 30.6 Å². The van der Waals surface area contributed by atoms with Gasteiger partial charge in [-0.25, -0.2) is 0 Å². The van der Waals surface area contributed by atoms with Crippen LogP contribution in [0, 0.1) is 5.21 Å². The summed E-state index contributed by atoms with van der Waals surface area (Å²) in [5.74, 6) is -0.365. The molecule has 1 aromatic carbocycles. The lowest BCUT2D eigenvalue weighted by Crippen LogP contribution is -3.06. The number of halogens is 1. The van der Waals surface area contributed by atoms with Crippen molar-refractivity contribution < 1.29 is 19.4 Å². The topological polar surface area (TPSA) is 70.9 Å². The van der Waals surface area contributed by atoms with Crippen molar-refractivity contribution in [1.29, 1.82) is 0 Å². The minimum atomic E-state index is -1.18. The van der Waals surface area contributed by atoms with Crippen molar-refractivity contribution in [1.82, 2.24) is 0 Å². The second-order valence-corrected chi connectivity index (χ2v) is 5.49. The maximum Gasteiger partial charge on any atom is 0.262 e. The number of carbonyl (C=O) groups excluding carboxylic acids is 2. The number of fused-ring (bicyclic) bond motifs is 1. The highest BCUT2D eigenvalue weighted by Crippen LogP contribution is 2.24. The molecule has 5 nitrogen and oxygen atoms in total. The second-order valence-electron chi connectivity index (χ2n) is 5.06. The van der Waals surface area contributed by atoms with Crippen molar-refractivity contribution in [2.75, 3.05) is 0 Å². The summed E-state index contributed by atoms with van der Waals surface area (Å²) in [7, 11) is 0. The zero-order valence-corrected chi connectivity index (χ0v) is 11.4. The number of ether oxygens (including phenoxy) is 1. The molecule has 1 heterocycles. The molecule has 0 amide bonds. The molecule has 2 atom stereocenters. The Bertz CT molecular complexity index is 529. The average Bonchev–Trinajstić information content (AvgIpc) is 2.53. The summed E-state index contributed by atoms with van der Waals surface area (Å²) >= 11 is 5.32. The van der Waals surface area contributed by atoms with Crippen molar-refractivity contribution in [3.8, 4) is 0 Å². The number of rotatable bonds is 4. The van der Waals surface area contributed by atoms with E-state index in [0.717, 1.165) is 0 Å². The Labute approximate surface area is 115 Å². The van der Waals surface area contributed by atoms with Crippen molar-refractivity contribution in [2.45, 2.75) is 32.1 Å². The number of benzene rings is 1. The number of hydroxylamine groups is 1. The van der Waals surface area contributed by atoms with E-state index in [1.807, 2.05) is 0 Å². The lowest BCUT2D eigenvalue weighted by Gasteiger charge is -2.31. The highest BCUT2D eigenvalue weighted by molar-refractivity contribution is 6.63. The highest BCUT2D eigenvalue weighted by Gasteiger charge is 2.42. The maximum atomic E-state index is 12.1. The number of ketones is 1. The number of hydrogen-bond acceptors (Lipinski definition) is 4. The molecular weight excluding hydrogens is 270 g/mol. The standard InChI is InChI=1S/C13H14ClNO4/c1-13(2,7-10(14)16)19-12-11(17)8-5-3-4-6-9(8)15(12)18/h3-6,12,15H,7H2,1-2H3. The summed E-state index contributed by atoms with van der Waals surface area (Å²) in [6, 6.07) is 6.58. The Morgan fingerprint density at radius 3 is 2.68 bits per heavy atom. The van der Waals surface area contributed by atoms with Gasteiger partial charge in [0.25, 0.3) is 12.0 Å². The third kappa shape index (κ3) is 2.84. The van der Waals surface area contributed by atoms with E-state index in [-0.39, 0.29) is 17.3 Å². The van der Waals surface area contributed by atoms with Crippen LogP contribution >= 0.6 is 11.6 Å². The van der Waals surface area contributed by atoms with E-state index in [0.29, 0.717) is 11.3 Å². The van der Waals surface area contributed by atoms with Gasteiger partial charge in [0, 0.05) is 6.07 Å². The fourth-order valence-corrected chi connectivity index (χ4v) is 2.44. The first-order valence-electron chi connectivity index (χ1n) is 5.85. The maximum absolute atomic E-state index is 12.1. The molecule has 2 unspecified atom stereocenters. The number of quaternary nitrogens is 1. The van der Waals surface area contributed by atoms with Gasteiger partial charge in [0.1, 0.15) is 5.69 Å². The fourth-order valence-electron chi connectivity index (χ4n) is 2.12. The third-order valence-corrected chi connectivity index (χ3v) is 3.07. The third-order valence-electron chi connectivity index (χ3n) is 2.94. The number of nitrogens with one attached hydrogen (secondary N) is 1. The Morgan fingerprint density at radius 2 is 2.11 bits per heavy atom. The molecule has 1 N–H and O–H groups in total. The van der Waals surface area contributed by atoms with Gasteiger partial charge in [-0.3, -0.25) is 9.59 Å². The first kappa shape index (κ1) is 14.1. The molecule has 0 aliphatic carbocycles. The fraction of sp³-hybridized carbons (Fsp3) is 0.385. The molecule has 0 saturated heterocycles. The van der Waals surface area contributed by atoms with Crippen molar-refractivity contribution >= 4 is 28.3 Å². The first-order valence-corrected chi connectivity index (χ1v) is 6.23. The summed E-state index contributed by atoms with van der Waals surface area (Å²) in [5.41, 5.74) is -0.229. The molecule has 0 spiro atoms. The summed E-state index contributed by atoms with van der Waals surface area (Å²) in [5, 5.41) is 11.2. The Morgan fingerprint density at radius 1 is 1.47 bits per heavy atom. The van der Waals surface area contributed by atoms with Crippen LogP contribution in [0.3, 0.4) is 0 Å². The van der Waals surface area contributed by atoms with Gasteiger partial charge in [-0.15, -0.1) is 0 Å². The Kier molecular flexibility index (Phi) is 3.73. The molecule has 0 bridgehead atoms. The van der Waals surface area contributed by atoms with Crippen molar-refractivity contribution in [3.63, 3.8) is 0 Å². The molecule has 0 saturated carbocycles. The van der Waals surface area contributed by atoms with Gasteiger partial charge in [-0.2, -0.15) is 0 Å². The number of hydrogen-bond donors (Lipinski definition) is 1. The van der Waals surface area contributed by atoms with Crippen LogP contribution < -0.4 is 5.06 Å². The number of Topliss-reactive ketones (excluding diaryl/α,β-unsaturated/α-hetero) is 1. The Balaban J connectivity index is 2.20. The summed E-state index contributed by atoms with van der Waals surface area (Å²) in [4.78, 5) is 23.0. The molecule has 102 valence electrons. The molecule has 1 aliphatic rings. The van der Waals surface area contributed by atoms with Gasteiger partial charge in [0.05, 0.1) is 17.6 Å². The predicted molar refractivity (Wildman–Crippen MR) is 69.2 cm³/mol. The molecule has 0 aromatic heterocycles. The molecule has 1 aliphatic heterocycles. The number of para-hydroxylation sites is 1. The Hall–Kier alpha value is -1.27. The van der Waals surface area contributed by atoms with Gasteiger partial charge in [0.2, 0.25) is 5.24 Å². The molecular formula is C13H14ClNO4. The van der Waals surface area contributed by atoms with Crippen LogP contribution in [-0.2, 0) is 9.53 Å².